The highest BCUT2D eigenvalue weighted by molar-refractivity contribution is 7.99. The minimum atomic E-state index is -0.0662. The van der Waals surface area contributed by atoms with Gasteiger partial charge in [0.05, 0.1) is 18.4 Å². The predicted molar refractivity (Wildman–Crippen MR) is 111 cm³/mol. The molecule has 1 aromatic heterocycles. The summed E-state index contributed by atoms with van der Waals surface area (Å²) in [5.74, 6) is 1.24. The number of anilines is 1. The Labute approximate surface area is 168 Å². The number of para-hydroxylation sites is 1. The third-order valence-electron chi connectivity index (χ3n) is 3.99. The molecule has 0 saturated carbocycles. The van der Waals surface area contributed by atoms with Gasteiger partial charge in [-0.15, -0.1) is 11.8 Å². The fraction of sp³-hybridized carbons (Fsp3) is 0.136. The van der Waals surface area contributed by atoms with Gasteiger partial charge in [0.15, 0.2) is 0 Å². The first-order chi connectivity index (χ1) is 13.7. The summed E-state index contributed by atoms with van der Waals surface area (Å²) in [6.45, 7) is 0. The van der Waals surface area contributed by atoms with Gasteiger partial charge in [-0.3, -0.25) is 4.79 Å². The van der Waals surface area contributed by atoms with Crippen LogP contribution in [0, 0.1) is 11.3 Å². The van der Waals surface area contributed by atoms with Crippen LogP contribution in [0.2, 0.25) is 0 Å². The van der Waals surface area contributed by atoms with E-state index >= 15 is 0 Å². The van der Waals surface area contributed by atoms with Gasteiger partial charge in [0.2, 0.25) is 5.91 Å². The number of methoxy groups -OCH3 is 1. The van der Waals surface area contributed by atoms with E-state index in [2.05, 4.69) is 16.4 Å². The lowest BCUT2D eigenvalue weighted by atomic mass is 10.1. The summed E-state index contributed by atoms with van der Waals surface area (Å²) in [6.07, 6.45) is 0.332. The number of benzene rings is 2. The number of nitrogens with one attached hydrogen (secondary N) is 1. The molecule has 0 unspecified atom stereocenters. The smallest absolute Gasteiger partial charge is 0.225 e. The Morgan fingerprint density at radius 3 is 2.54 bits per heavy atom. The van der Waals surface area contributed by atoms with Crippen LogP contribution in [0.4, 0.5) is 5.69 Å². The molecule has 1 amide bonds. The lowest BCUT2D eigenvalue weighted by Gasteiger charge is -2.08. The Balaban J connectivity index is 1.65. The summed E-state index contributed by atoms with van der Waals surface area (Å²) in [5, 5.41) is 12.8. The molecule has 0 aliphatic heterocycles. The fourth-order valence-corrected chi connectivity index (χ4v) is 3.46. The van der Waals surface area contributed by atoms with Crippen molar-refractivity contribution in [2.75, 3.05) is 18.2 Å². The number of carbonyl (C=O) groups is 1. The Kier molecular flexibility index (Phi) is 6.66. The molecule has 5 nitrogen and oxygen atoms in total. The average molecular weight is 389 g/mol. The molecular formula is C22H19N3O2S. The van der Waals surface area contributed by atoms with Crippen molar-refractivity contribution in [3.8, 4) is 23.1 Å². The van der Waals surface area contributed by atoms with Crippen molar-refractivity contribution in [3.63, 3.8) is 0 Å². The summed E-state index contributed by atoms with van der Waals surface area (Å²) in [4.78, 5) is 16.7. The summed E-state index contributed by atoms with van der Waals surface area (Å²) in [6, 6.07) is 22.7. The minimum Gasteiger partial charge on any atom is -0.497 e. The fourth-order valence-electron chi connectivity index (χ4n) is 2.54. The van der Waals surface area contributed by atoms with E-state index in [4.69, 9.17) is 4.74 Å². The van der Waals surface area contributed by atoms with Gasteiger partial charge in [-0.25, -0.2) is 4.98 Å². The molecule has 3 aromatic rings. The second kappa shape index (κ2) is 9.58. The van der Waals surface area contributed by atoms with Crippen molar-refractivity contribution in [3.05, 3.63) is 72.3 Å². The molecule has 0 aliphatic carbocycles. The zero-order chi connectivity index (χ0) is 19.8. The standard InChI is InChI=1S/C22H19N3O2S/c1-27-19-10-7-16(8-11-19)20-12-9-17(15-23)22(25-20)28-14-13-21(26)24-18-5-3-2-4-6-18/h2-12H,13-14H2,1H3,(H,24,26). The summed E-state index contributed by atoms with van der Waals surface area (Å²) in [5.41, 5.74) is 2.99. The Morgan fingerprint density at radius 1 is 1.11 bits per heavy atom. The Hall–Kier alpha value is -3.30. The monoisotopic (exact) mass is 389 g/mol. The lowest BCUT2D eigenvalue weighted by Crippen LogP contribution is -2.12. The number of hydrogen-bond acceptors (Lipinski definition) is 5. The van der Waals surface area contributed by atoms with E-state index in [-0.39, 0.29) is 5.91 Å². The highest BCUT2D eigenvalue weighted by Crippen LogP contribution is 2.27. The highest BCUT2D eigenvalue weighted by atomic mass is 32.2. The van der Waals surface area contributed by atoms with E-state index in [0.29, 0.717) is 22.8 Å². The van der Waals surface area contributed by atoms with E-state index in [9.17, 15) is 10.1 Å². The van der Waals surface area contributed by atoms with Crippen molar-refractivity contribution >= 4 is 23.4 Å². The molecule has 6 heteroatoms. The second-order valence-corrected chi connectivity index (χ2v) is 6.99. The van der Waals surface area contributed by atoms with Crippen LogP contribution in [0.1, 0.15) is 12.0 Å². The number of hydrogen-bond donors (Lipinski definition) is 1. The predicted octanol–water partition coefficient (Wildman–Crippen LogP) is 4.75. The Morgan fingerprint density at radius 2 is 1.86 bits per heavy atom. The maximum absolute atomic E-state index is 12.1. The van der Waals surface area contributed by atoms with Crippen LogP contribution in [-0.2, 0) is 4.79 Å². The molecule has 2 aromatic carbocycles. The Bertz CT molecular complexity index is 983. The molecule has 0 saturated heterocycles. The van der Waals surface area contributed by atoms with Gasteiger partial charge in [-0.1, -0.05) is 18.2 Å². The van der Waals surface area contributed by atoms with Crippen LogP contribution in [0.25, 0.3) is 11.3 Å². The number of nitriles is 1. The summed E-state index contributed by atoms with van der Waals surface area (Å²) < 4.78 is 5.18. The normalized spacial score (nSPS) is 10.1. The van der Waals surface area contributed by atoms with Crippen LogP contribution in [0.15, 0.2) is 71.8 Å². The lowest BCUT2D eigenvalue weighted by molar-refractivity contribution is -0.115. The van der Waals surface area contributed by atoms with Gasteiger partial charge in [-0.05, 0) is 48.5 Å². The third kappa shape index (κ3) is 5.12. The van der Waals surface area contributed by atoms with Gasteiger partial charge >= 0.3 is 0 Å². The van der Waals surface area contributed by atoms with E-state index < -0.39 is 0 Å². The second-order valence-electron chi connectivity index (χ2n) is 5.90. The summed E-state index contributed by atoms with van der Waals surface area (Å²) >= 11 is 1.41. The van der Waals surface area contributed by atoms with Gasteiger partial charge in [0, 0.05) is 23.4 Å². The first-order valence-corrected chi connectivity index (χ1v) is 9.71. The molecule has 1 heterocycles. The topological polar surface area (TPSA) is 75.0 Å². The number of thioether (sulfide) groups is 1. The van der Waals surface area contributed by atoms with Crippen molar-refractivity contribution in [2.45, 2.75) is 11.4 Å². The molecule has 28 heavy (non-hydrogen) atoms. The molecule has 1 N–H and O–H groups in total. The average Bonchev–Trinajstić information content (AvgIpc) is 2.74. The van der Waals surface area contributed by atoms with Gasteiger partial charge in [0.1, 0.15) is 16.8 Å². The first kappa shape index (κ1) is 19.5. The zero-order valence-electron chi connectivity index (χ0n) is 15.4. The minimum absolute atomic E-state index is 0.0662. The molecule has 0 radical (unpaired) electrons. The molecule has 0 bridgehead atoms. The first-order valence-electron chi connectivity index (χ1n) is 8.73. The number of amides is 1. The van der Waals surface area contributed by atoms with Crippen LogP contribution in [-0.4, -0.2) is 23.8 Å². The van der Waals surface area contributed by atoms with Crippen LogP contribution >= 0.6 is 11.8 Å². The molecule has 0 spiro atoms. The molecule has 140 valence electrons. The van der Waals surface area contributed by atoms with E-state index in [1.54, 1.807) is 13.2 Å². The van der Waals surface area contributed by atoms with E-state index in [0.717, 1.165) is 22.7 Å². The summed E-state index contributed by atoms with van der Waals surface area (Å²) in [7, 11) is 1.62. The van der Waals surface area contributed by atoms with Crippen molar-refractivity contribution < 1.29 is 9.53 Å². The molecule has 0 fully saturated rings. The maximum Gasteiger partial charge on any atom is 0.225 e. The van der Waals surface area contributed by atoms with Crippen LogP contribution in [0.3, 0.4) is 0 Å². The van der Waals surface area contributed by atoms with Crippen molar-refractivity contribution in [1.29, 1.82) is 5.26 Å². The van der Waals surface area contributed by atoms with Crippen molar-refractivity contribution in [1.82, 2.24) is 4.98 Å². The number of ether oxygens (including phenoxy) is 1. The van der Waals surface area contributed by atoms with Gasteiger partial charge < -0.3 is 10.1 Å². The SMILES string of the molecule is COc1ccc(-c2ccc(C#N)c(SCCC(=O)Nc3ccccc3)n2)cc1. The van der Waals surface area contributed by atoms with Crippen LogP contribution < -0.4 is 10.1 Å². The largest absolute Gasteiger partial charge is 0.497 e. The molecule has 0 atom stereocenters. The molecule has 3 rings (SSSR count). The van der Waals surface area contributed by atoms with Crippen molar-refractivity contribution in [2.24, 2.45) is 0 Å². The number of rotatable bonds is 7. The van der Waals surface area contributed by atoms with Gasteiger partial charge in [0.25, 0.3) is 0 Å². The van der Waals surface area contributed by atoms with Crippen LogP contribution in [0.5, 0.6) is 5.75 Å². The quantitative estimate of drug-likeness (QED) is 0.590. The van der Waals surface area contributed by atoms with Gasteiger partial charge in [-0.2, -0.15) is 5.26 Å². The third-order valence-corrected chi connectivity index (χ3v) is 4.98. The number of pyridine rings is 1. The van der Waals surface area contributed by atoms with E-state index in [1.165, 1.54) is 11.8 Å². The molecule has 0 aliphatic rings. The zero-order valence-corrected chi connectivity index (χ0v) is 16.2. The van der Waals surface area contributed by atoms with E-state index in [1.807, 2.05) is 60.7 Å². The molecular weight excluding hydrogens is 370 g/mol. The highest BCUT2D eigenvalue weighted by Gasteiger charge is 2.10. The number of carbonyl (C=O) groups excluding carboxylic acids is 1. The number of aromatic nitrogens is 1. The number of nitrogens with zero attached hydrogens (tertiary/aromatic N) is 2. The maximum atomic E-state index is 12.1.